The smallest absolute Gasteiger partial charge is 0.149 e. The van der Waals surface area contributed by atoms with Gasteiger partial charge in [0.25, 0.3) is 0 Å². The Morgan fingerprint density at radius 1 is 0.549 bits per heavy atom. The van der Waals surface area contributed by atoms with Crippen LogP contribution in [0.25, 0.3) is 0 Å². The van der Waals surface area contributed by atoms with Crippen LogP contribution >= 0.6 is 0 Å². The molecule has 4 rings (SSSR count). The maximum Gasteiger partial charge on any atom is 0.149 e. The quantitative estimate of drug-likeness (QED) is 0.151. The van der Waals surface area contributed by atoms with E-state index in [1.165, 1.54) is 0 Å². The molecule has 0 aromatic heterocycles. The second-order valence-electron chi connectivity index (χ2n) is 15.5. The molecule has 0 spiro atoms. The van der Waals surface area contributed by atoms with Gasteiger partial charge >= 0.3 is 0 Å². The molecule has 0 aliphatic heterocycles. The third-order valence-electron chi connectivity index (χ3n) is 10.1. The van der Waals surface area contributed by atoms with Crippen molar-refractivity contribution in [2.45, 2.75) is 96.3 Å². The van der Waals surface area contributed by atoms with Gasteiger partial charge < -0.3 is 15.3 Å². The van der Waals surface area contributed by atoms with Crippen molar-refractivity contribution in [1.82, 2.24) is 0 Å². The van der Waals surface area contributed by atoms with Crippen LogP contribution in [0.15, 0.2) is 87.1 Å². The minimum Gasteiger partial charge on any atom is -0.507 e. The maximum absolute atomic E-state index is 12.4. The standard InChI is InChI=1S/C45H48O6/c1-10-43(19-31(13-28(4)5)40(49)34(22-43)25-46)37-16-38(44(11-2)20-32(14-29(6)7)41(50)35(23-44)26-47)18-39(17-37)45(12-3)21-33(15-30(8)9)42(51)36(24-45)27-48/h1-3,16-21,25-30,49-51H,13-15,22-24H2,4-9H3. The number of terminal acetylenes is 3. The summed E-state index contributed by atoms with van der Waals surface area (Å²) in [5.74, 6) is 8.97. The molecule has 0 unspecified atom stereocenters. The summed E-state index contributed by atoms with van der Waals surface area (Å²) in [6, 6.07) is 5.60. The first-order valence-electron chi connectivity index (χ1n) is 17.4. The van der Waals surface area contributed by atoms with Crippen molar-refractivity contribution in [2.24, 2.45) is 17.8 Å². The number of aldehydes is 3. The lowest BCUT2D eigenvalue weighted by Crippen LogP contribution is -2.33. The number of hydrogen-bond donors (Lipinski definition) is 3. The van der Waals surface area contributed by atoms with Crippen LogP contribution in [0.5, 0.6) is 0 Å². The molecule has 0 bridgehead atoms. The monoisotopic (exact) mass is 684 g/mol. The van der Waals surface area contributed by atoms with E-state index in [1.807, 2.05) is 78.0 Å². The zero-order valence-electron chi connectivity index (χ0n) is 30.5. The van der Waals surface area contributed by atoms with Crippen molar-refractivity contribution in [1.29, 1.82) is 0 Å². The first kappa shape index (κ1) is 38.6. The lowest BCUT2D eigenvalue weighted by molar-refractivity contribution is -0.106. The fourth-order valence-electron chi connectivity index (χ4n) is 7.58. The molecule has 0 radical (unpaired) electrons. The molecule has 6 nitrogen and oxygen atoms in total. The predicted molar refractivity (Wildman–Crippen MR) is 202 cm³/mol. The molecule has 0 amide bonds. The van der Waals surface area contributed by atoms with Gasteiger partial charge in [-0.05, 0) is 70.4 Å². The largest absolute Gasteiger partial charge is 0.507 e. The number of aliphatic hydroxyl groups is 3. The topological polar surface area (TPSA) is 112 Å². The molecule has 1 aromatic carbocycles. The Hall–Kier alpha value is -5.25. The molecule has 3 N–H and O–H groups in total. The highest BCUT2D eigenvalue weighted by molar-refractivity contribution is 5.80. The number of allylic oxidation sites excluding steroid dienone is 9. The van der Waals surface area contributed by atoms with E-state index in [2.05, 4.69) is 17.8 Å². The molecule has 0 heterocycles. The van der Waals surface area contributed by atoms with Gasteiger partial charge in [0.05, 0.1) is 16.2 Å². The average Bonchev–Trinajstić information content (AvgIpc) is 3.10. The lowest BCUT2D eigenvalue weighted by atomic mass is 9.64. The number of benzene rings is 1. The number of carbonyl (C=O) groups excluding carboxylic acids is 3. The van der Waals surface area contributed by atoms with E-state index in [0.29, 0.717) is 71.5 Å². The van der Waals surface area contributed by atoms with Gasteiger partial charge in [-0.25, -0.2) is 0 Å². The molecular formula is C45H48O6. The molecular weight excluding hydrogens is 636 g/mol. The number of carbonyl (C=O) groups is 3. The van der Waals surface area contributed by atoms with Crippen molar-refractivity contribution in [2.75, 3.05) is 0 Å². The number of aliphatic hydroxyl groups excluding tert-OH is 3. The van der Waals surface area contributed by atoms with Crippen molar-refractivity contribution in [3.8, 4) is 37.0 Å². The van der Waals surface area contributed by atoms with Gasteiger partial charge in [-0.15, -0.1) is 19.3 Å². The van der Waals surface area contributed by atoms with E-state index in [9.17, 15) is 29.7 Å². The Bertz CT molecular complexity index is 1720. The van der Waals surface area contributed by atoms with Crippen LogP contribution in [0, 0.1) is 54.8 Å². The highest BCUT2D eigenvalue weighted by Gasteiger charge is 2.43. The van der Waals surface area contributed by atoms with Crippen LogP contribution in [0.1, 0.15) is 96.8 Å². The molecule has 264 valence electrons. The van der Waals surface area contributed by atoms with Crippen LogP contribution in [-0.2, 0) is 30.6 Å². The minimum absolute atomic E-state index is 0.00113. The van der Waals surface area contributed by atoms with Gasteiger partial charge in [0.2, 0.25) is 0 Å². The first-order chi connectivity index (χ1) is 24.1. The summed E-state index contributed by atoms with van der Waals surface area (Å²) in [5.41, 5.74) is 0.175. The zero-order valence-corrected chi connectivity index (χ0v) is 30.5. The second-order valence-corrected chi connectivity index (χ2v) is 15.5. The fraction of sp³-hybridized carbons (Fsp3) is 0.400. The molecule has 0 atom stereocenters. The summed E-state index contributed by atoms with van der Waals surface area (Å²) < 4.78 is 0. The highest BCUT2D eigenvalue weighted by Crippen LogP contribution is 2.48. The van der Waals surface area contributed by atoms with Crippen molar-refractivity contribution < 1.29 is 29.7 Å². The van der Waals surface area contributed by atoms with Gasteiger partial charge in [-0.1, -0.05) is 95.7 Å². The first-order valence-corrected chi connectivity index (χ1v) is 17.4. The van der Waals surface area contributed by atoms with Crippen molar-refractivity contribution >= 4 is 18.9 Å². The summed E-state index contributed by atoms with van der Waals surface area (Å²) in [7, 11) is 0. The van der Waals surface area contributed by atoms with E-state index < -0.39 is 16.2 Å². The number of rotatable bonds is 12. The van der Waals surface area contributed by atoms with Gasteiger partial charge in [-0.3, -0.25) is 14.4 Å². The molecule has 0 saturated heterocycles. The van der Waals surface area contributed by atoms with Gasteiger partial charge in [0.15, 0.2) is 0 Å². The Morgan fingerprint density at radius 2 is 0.784 bits per heavy atom. The molecule has 3 aliphatic rings. The Balaban J connectivity index is 2.16. The third kappa shape index (κ3) is 7.31. The van der Waals surface area contributed by atoms with Gasteiger partial charge in [0.1, 0.15) is 36.1 Å². The fourth-order valence-corrected chi connectivity index (χ4v) is 7.58. The third-order valence-corrected chi connectivity index (χ3v) is 10.1. The Kier molecular flexibility index (Phi) is 11.3. The van der Waals surface area contributed by atoms with E-state index in [4.69, 9.17) is 19.3 Å². The van der Waals surface area contributed by atoms with Crippen molar-refractivity contribution in [3.05, 3.63) is 104 Å². The SMILES string of the molecule is C#CC1(c2cc(C3(C#C)C=C(CC(C)C)C(O)=C(C=O)C3)cc(C3(C#C)C=C(CC(C)C)C(O)=C(C=O)C3)c2)C=C(CC(C)C)C(O)=C(C=O)C1. The van der Waals surface area contributed by atoms with Crippen molar-refractivity contribution in [3.63, 3.8) is 0 Å². The van der Waals surface area contributed by atoms with Crippen LogP contribution in [-0.4, -0.2) is 34.2 Å². The van der Waals surface area contributed by atoms with Crippen LogP contribution in [0.4, 0.5) is 0 Å². The predicted octanol–water partition coefficient (Wildman–Crippen LogP) is 8.46. The summed E-state index contributed by atoms with van der Waals surface area (Å²) in [5, 5.41) is 33.3. The summed E-state index contributed by atoms with van der Waals surface area (Å²) >= 11 is 0. The molecule has 51 heavy (non-hydrogen) atoms. The van der Waals surface area contributed by atoms with E-state index in [1.54, 1.807) is 0 Å². The Morgan fingerprint density at radius 3 is 0.961 bits per heavy atom. The summed E-state index contributed by atoms with van der Waals surface area (Å²) in [4.78, 5) is 37.2. The van der Waals surface area contributed by atoms with E-state index in [0.717, 1.165) is 0 Å². The van der Waals surface area contributed by atoms with Gasteiger partial charge in [0, 0.05) is 36.0 Å². The number of hydrogen-bond acceptors (Lipinski definition) is 6. The van der Waals surface area contributed by atoms with Crippen LogP contribution in [0.2, 0.25) is 0 Å². The maximum atomic E-state index is 12.4. The Labute approximate surface area is 302 Å². The molecule has 0 fully saturated rings. The molecule has 6 heteroatoms. The molecule has 0 saturated carbocycles. The average molecular weight is 685 g/mol. The van der Waals surface area contributed by atoms with Gasteiger partial charge in [-0.2, -0.15) is 0 Å². The second kappa shape index (κ2) is 14.9. The molecule has 3 aliphatic carbocycles. The minimum atomic E-state index is -1.22. The van der Waals surface area contributed by atoms with Crippen LogP contribution in [0.3, 0.4) is 0 Å². The molecule has 1 aromatic rings. The van der Waals surface area contributed by atoms with E-state index in [-0.39, 0.29) is 71.0 Å². The van der Waals surface area contributed by atoms with Crippen LogP contribution < -0.4 is 0 Å². The highest BCUT2D eigenvalue weighted by atomic mass is 16.3. The zero-order chi connectivity index (χ0) is 37.9. The summed E-state index contributed by atoms with van der Waals surface area (Å²) in [6.07, 6.45) is 28.0. The summed E-state index contributed by atoms with van der Waals surface area (Å²) in [6.45, 7) is 12.0. The normalized spacial score (nSPS) is 25.2. The van der Waals surface area contributed by atoms with E-state index >= 15 is 0 Å². The lowest BCUT2D eigenvalue weighted by Gasteiger charge is -2.38.